The molecule has 24 heavy (non-hydrogen) atoms. The highest BCUT2D eigenvalue weighted by Crippen LogP contribution is 2.18. The van der Waals surface area contributed by atoms with Crippen molar-refractivity contribution in [3.8, 4) is 0 Å². The Balaban J connectivity index is 1.83. The number of aryl methyl sites for hydroxylation is 1. The van der Waals surface area contributed by atoms with E-state index in [1.807, 2.05) is 4.90 Å². The Kier molecular flexibility index (Phi) is 6.28. The molecule has 130 valence electrons. The second-order valence-corrected chi connectivity index (χ2v) is 6.06. The summed E-state index contributed by atoms with van der Waals surface area (Å²) >= 11 is 0. The molecule has 2 rings (SSSR count). The zero-order valence-corrected chi connectivity index (χ0v) is 13.9. The van der Waals surface area contributed by atoms with Crippen LogP contribution in [-0.2, 0) is 4.79 Å². The van der Waals surface area contributed by atoms with Crippen LogP contribution in [0.1, 0.15) is 48.0 Å². The SMILES string of the molecule is Cc1cc(C(=O)NCCC(=O)N2CCCCCC2)ccc1[N+](=O)[O-]. The molecule has 7 heteroatoms. The molecule has 1 aromatic carbocycles. The lowest BCUT2D eigenvalue weighted by atomic mass is 10.1. The standard InChI is InChI=1S/C17H23N3O4/c1-13-12-14(6-7-15(13)20(23)24)17(22)18-9-8-16(21)19-10-4-2-3-5-11-19/h6-7,12H,2-5,8-11H2,1H3,(H,18,22). The zero-order valence-electron chi connectivity index (χ0n) is 13.9. The molecular weight excluding hydrogens is 310 g/mol. The van der Waals surface area contributed by atoms with Crippen LogP contribution in [0, 0.1) is 17.0 Å². The first kappa shape index (κ1) is 17.9. The van der Waals surface area contributed by atoms with E-state index in [0.29, 0.717) is 11.1 Å². The maximum absolute atomic E-state index is 12.1. The molecule has 0 saturated carbocycles. The van der Waals surface area contributed by atoms with Crippen molar-refractivity contribution in [2.75, 3.05) is 19.6 Å². The number of hydrogen-bond acceptors (Lipinski definition) is 4. The van der Waals surface area contributed by atoms with E-state index in [1.54, 1.807) is 6.92 Å². The van der Waals surface area contributed by atoms with Crippen molar-refractivity contribution in [3.63, 3.8) is 0 Å². The van der Waals surface area contributed by atoms with Gasteiger partial charge in [0.1, 0.15) is 0 Å². The fourth-order valence-corrected chi connectivity index (χ4v) is 2.86. The summed E-state index contributed by atoms with van der Waals surface area (Å²) < 4.78 is 0. The third kappa shape index (κ3) is 4.78. The third-order valence-corrected chi connectivity index (χ3v) is 4.24. The molecule has 1 aromatic rings. The highest BCUT2D eigenvalue weighted by atomic mass is 16.6. The summed E-state index contributed by atoms with van der Waals surface area (Å²) in [6, 6.07) is 4.24. The molecule has 0 aliphatic carbocycles. The minimum Gasteiger partial charge on any atom is -0.352 e. The Labute approximate surface area is 141 Å². The second-order valence-electron chi connectivity index (χ2n) is 6.06. The number of hydrogen-bond donors (Lipinski definition) is 1. The van der Waals surface area contributed by atoms with E-state index in [4.69, 9.17) is 0 Å². The molecule has 1 N–H and O–H groups in total. The molecule has 0 aromatic heterocycles. The summed E-state index contributed by atoms with van der Waals surface area (Å²) in [6.07, 6.45) is 4.69. The number of nitro groups is 1. The van der Waals surface area contributed by atoms with Crippen molar-refractivity contribution in [1.29, 1.82) is 0 Å². The van der Waals surface area contributed by atoms with Crippen LogP contribution in [0.4, 0.5) is 5.69 Å². The highest BCUT2D eigenvalue weighted by Gasteiger charge is 2.16. The first-order valence-electron chi connectivity index (χ1n) is 8.30. The van der Waals surface area contributed by atoms with Gasteiger partial charge in [0.05, 0.1) is 4.92 Å². The number of benzene rings is 1. The number of nitrogens with one attached hydrogen (secondary N) is 1. The first-order chi connectivity index (χ1) is 11.5. The van der Waals surface area contributed by atoms with Gasteiger partial charge in [-0.15, -0.1) is 0 Å². The van der Waals surface area contributed by atoms with E-state index in [1.165, 1.54) is 31.0 Å². The molecule has 1 aliphatic heterocycles. The van der Waals surface area contributed by atoms with Gasteiger partial charge in [-0.2, -0.15) is 0 Å². The summed E-state index contributed by atoms with van der Waals surface area (Å²) in [5.74, 6) is -0.256. The van der Waals surface area contributed by atoms with E-state index >= 15 is 0 Å². The number of nitro benzene ring substituents is 1. The van der Waals surface area contributed by atoms with Crippen LogP contribution in [0.3, 0.4) is 0 Å². The van der Waals surface area contributed by atoms with Gasteiger partial charge in [-0.1, -0.05) is 12.8 Å². The van der Waals surface area contributed by atoms with E-state index in [-0.39, 0.29) is 30.5 Å². The van der Waals surface area contributed by atoms with Gasteiger partial charge in [-0.3, -0.25) is 19.7 Å². The van der Waals surface area contributed by atoms with Gasteiger partial charge in [0.2, 0.25) is 5.91 Å². The maximum atomic E-state index is 12.1. The van der Waals surface area contributed by atoms with Gasteiger partial charge in [-0.05, 0) is 31.9 Å². The van der Waals surface area contributed by atoms with E-state index in [9.17, 15) is 19.7 Å². The van der Waals surface area contributed by atoms with Gasteiger partial charge >= 0.3 is 0 Å². The van der Waals surface area contributed by atoms with E-state index < -0.39 is 4.92 Å². The predicted molar refractivity (Wildman–Crippen MR) is 89.8 cm³/mol. The smallest absolute Gasteiger partial charge is 0.272 e. The molecule has 1 heterocycles. The minimum absolute atomic E-state index is 0.0112. The maximum Gasteiger partial charge on any atom is 0.272 e. The fourth-order valence-electron chi connectivity index (χ4n) is 2.86. The molecule has 0 spiro atoms. The normalized spacial score (nSPS) is 14.8. The number of rotatable bonds is 5. The molecule has 0 radical (unpaired) electrons. The summed E-state index contributed by atoms with van der Waals surface area (Å²) in [7, 11) is 0. The number of likely N-dealkylation sites (tertiary alicyclic amines) is 1. The van der Waals surface area contributed by atoms with Crippen LogP contribution >= 0.6 is 0 Å². The molecule has 1 fully saturated rings. The lowest BCUT2D eigenvalue weighted by Gasteiger charge is -2.20. The fraction of sp³-hybridized carbons (Fsp3) is 0.529. The van der Waals surface area contributed by atoms with Crippen molar-refractivity contribution in [1.82, 2.24) is 10.2 Å². The molecule has 0 atom stereocenters. The summed E-state index contributed by atoms with van der Waals surface area (Å²) in [5.41, 5.74) is 0.788. The number of amides is 2. The van der Waals surface area contributed by atoms with Crippen molar-refractivity contribution >= 4 is 17.5 Å². The molecule has 0 unspecified atom stereocenters. The van der Waals surface area contributed by atoms with E-state index in [0.717, 1.165) is 25.9 Å². The van der Waals surface area contributed by atoms with Gasteiger partial charge in [0.25, 0.3) is 11.6 Å². The summed E-state index contributed by atoms with van der Waals surface area (Å²) in [6.45, 7) is 3.46. The van der Waals surface area contributed by atoms with Gasteiger partial charge in [-0.25, -0.2) is 0 Å². The van der Waals surface area contributed by atoms with Crippen molar-refractivity contribution < 1.29 is 14.5 Å². The topological polar surface area (TPSA) is 92.6 Å². The molecule has 1 aliphatic rings. The van der Waals surface area contributed by atoms with Crippen LogP contribution in [0.2, 0.25) is 0 Å². The first-order valence-corrected chi connectivity index (χ1v) is 8.30. The van der Waals surface area contributed by atoms with Crippen LogP contribution in [-0.4, -0.2) is 41.3 Å². The van der Waals surface area contributed by atoms with Crippen LogP contribution in [0.5, 0.6) is 0 Å². The Morgan fingerprint density at radius 1 is 1.21 bits per heavy atom. The Morgan fingerprint density at radius 2 is 1.88 bits per heavy atom. The Morgan fingerprint density at radius 3 is 2.46 bits per heavy atom. The van der Waals surface area contributed by atoms with Crippen LogP contribution in [0.15, 0.2) is 18.2 Å². The lowest BCUT2D eigenvalue weighted by Crippen LogP contribution is -2.35. The van der Waals surface area contributed by atoms with Crippen molar-refractivity contribution in [2.24, 2.45) is 0 Å². The predicted octanol–water partition coefficient (Wildman–Crippen LogP) is 2.43. The molecule has 2 amide bonds. The van der Waals surface area contributed by atoms with E-state index in [2.05, 4.69) is 5.32 Å². The largest absolute Gasteiger partial charge is 0.352 e. The zero-order chi connectivity index (χ0) is 17.5. The number of nitrogens with zero attached hydrogens (tertiary/aromatic N) is 2. The van der Waals surface area contributed by atoms with Gasteiger partial charge in [0, 0.05) is 43.2 Å². The number of carbonyl (C=O) groups excluding carboxylic acids is 2. The summed E-state index contributed by atoms with van der Waals surface area (Å²) in [5, 5.41) is 13.5. The average molecular weight is 333 g/mol. The Hall–Kier alpha value is -2.44. The molecule has 1 saturated heterocycles. The Bertz CT molecular complexity index is 622. The number of carbonyl (C=O) groups is 2. The van der Waals surface area contributed by atoms with Gasteiger partial charge in [0.15, 0.2) is 0 Å². The minimum atomic E-state index is -0.475. The van der Waals surface area contributed by atoms with Gasteiger partial charge < -0.3 is 10.2 Å². The second kappa shape index (κ2) is 8.42. The summed E-state index contributed by atoms with van der Waals surface area (Å²) in [4.78, 5) is 36.4. The third-order valence-electron chi connectivity index (χ3n) is 4.24. The van der Waals surface area contributed by atoms with Crippen molar-refractivity contribution in [3.05, 3.63) is 39.4 Å². The highest BCUT2D eigenvalue weighted by molar-refractivity contribution is 5.95. The molecule has 7 nitrogen and oxygen atoms in total. The lowest BCUT2D eigenvalue weighted by molar-refractivity contribution is -0.385. The quantitative estimate of drug-likeness (QED) is 0.661. The van der Waals surface area contributed by atoms with Crippen LogP contribution in [0.25, 0.3) is 0 Å². The van der Waals surface area contributed by atoms with Crippen LogP contribution < -0.4 is 5.32 Å². The molecule has 0 bridgehead atoms. The van der Waals surface area contributed by atoms with Crippen molar-refractivity contribution in [2.45, 2.75) is 39.0 Å². The molecular formula is C17H23N3O4. The monoisotopic (exact) mass is 333 g/mol. The average Bonchev–Trinajstić information content (AvgIpc) is 2.83.